The molecule has 2 unspecified atom stereocenters. The van der Waals surface area contributed by atoms with Crippen molar-refractivity contribution in [3.05, 3.63) is 40.0 Å². The minimum absolute atomic E-state index is 0.183. The maximum absolute atomic E-state index is 12.6. The number of nitrogens with zero attached hydrogens (tertiary/aromatic N) is 4. The van der Waals surface area contributed by atoms with Crippen molar-refractivity contribution in [2.75, 3.05) is 12.4 Å². The van der Waals surface area contributed by atoms with E-state index < -0.39 is 0 Å². The van der Waals surface area contributed by atoms with Crippen LogP contribution in [0.15, 0.2) is 34.4 Å². The summed E-state index contributed by atoms with van der Waals surface area (Å²) in [5.41, 5.74) is 1.75. The molecule has 1 aromatic heterocycles. The predicted molar refractivity (Wildman–Crippen MR) is 86.1 cm³/mol. The standard InChI is InChI=1S/C15H14BrN5O2/c1-23-12-6-5-8(16)7-9(12)14-13-10(3-2-4-11(13)22)17-15-18-19-20-21(14)15/h3,5-7,13-14H,2,4H2,1H3,(H,17,18,20). The molecule has 118 valence electrons. The Hall–Kier alpha value is -2.22. The van der Waals surface area contributed by atoms with Gasteiger partial charge in [-0.25, -0.2) is 4.68 Å². The second-order valence-electron chi connectivity index (χ2n) is 5.55. The summed E-state index contributed by atoms with van der Waals surface area (Å²) in [5, 5.41) is 15.0. The molecule has 7 nitrogen and oxygen atoms in total. The maximum atomic E-state index is 12.6. The number of anilines is 1. The van der Waals surface area contributed by atoms with Crippen LogP contribution in [0, 0.1) is 5.92 Å². The number of fused-ring (bicyclic) bond motifs is 2. The number of hydrogen-bond acceptors (Lipinski definition) is 6. The van der Waals surface area contributed by atoms with E-state index in [0.29, 0.717) is 18.1 Å². The van der Waals surface area contributed by atoms with Crippen LogP contribution in [0.5, 0.6) is 5.75 Å². The van der Waals surface area contributed by atoms with E-state index in [-0.39, 0.29) is 17.7 Å². The zero-order valence-electron chi connectivity index (χ0n) is 12.4. The Morgan fingerprint density at radius 1 is 1.43 bits per heavy atom. The lowest BCUT2D eigenvalue weighted by atomic mass is 9.80. The molecule has 2 aliphatic rings. The SMILES string of the molecule is COc1ccc(Br)cc1C1C2C(=O)CCC=C2Nc2nnnn21. The second kappa shape index (κ2) is 5.45. The van der Waals surface area contributed by atoms with E-state index in [1.54, 1.807) is 11.8 Å². The highest BCUT2D eigenvalue weighted by molar-refractivity contribution is 9.10. The number of benzene rings is 1. The van der Waals surface area contributed by atoms with Gasteiger partial charge in [-0.15, -0.1) is 0 Å². The number of carbonyl (C=O) groups excluding carboxylic acids is 1. The van der Waals surface area contributed by atoms with Crippen molar-refractivity contribution in [3.8, 4) is 5.75 Å². The first kappa shape index (κ1) is 14.4. The molecule has 0 fully saturated rings. The monoisotopic (exact) mass is 375 g/mol. The summed E-state index contributed by atoms with van der Waals surface area (Å²) in [5.74, 6) is 1.10. The highest BCUT2D eigenvalue weighted by atomic mass is 79.9. The Labute approximate surface area is 140 Å². The van der Waals surface area contributed by atoms with Crippen LogP contribution in [0.4, 0.5) is 5.95 Å². The van der Waals surface area contributed by atoms with Crippen molar-refractivity contribution in [1.82, 2.24) is 20.2 Å². The van der Waals surface area contributed by atoms with Gasteiger partial charge >= 0.3 is 0 Å². The number of aromatic nitrogens is 4. The third-order valence-corrected chi connectivity index (χ3v) is 4.77. The highest BCUT2D eigenvalue weighted by Gasteiger charge is 2.42. The van der Waals surface area contributed by atoms with Gasteiger partial charge in [0.1, 0.15) is 17.6 Å². The average molecular weight is 376 g/mol. The van der Waals surface area contributed by atoms with Gasteiger partial charge in [-0.2, -0.15) is 0 Å². The van der Waals surface area contributed by atoms with Gasteiger partial charge in [0.25, 0.3) is 0 Å². The van der Waals surface area contributed by atoms with Crippen molar-refractivity contribution in [2.24, 2.45) is 5.92 Å². The summed E-state index contributed by atoms with van der Waals surface area (Å²) >= 11 is 3.49. The van der Waals surface area contributed by atoms with Gasteiger partial charge in [0.05, 0.1) is 13.0 Å². The molecular weight excluding hydrogens is 362 g/mol. The van der Waals surface area contributed by atoms with Crippen LogP contribution in [-0.4, -0.2) is 33.1 Å². The molecule has 1 N–H and O–H groups in total. The Kier molecular flexibility index (Phi) is 3.41. The van der Waals surface area contributed by atoms with E-state index in [4.69, 9.17) is 4.74 Å². The van der Waals surface area contributed by atoms with Crippen molar-refractivity contribution in [2.45, 2.75) is 18.9 Å². The molecule has 8 heteroatoms. The Morgan fingerprint density at radius 3 is 3.13 bits per heavy atom. The first-order chi connectivity index (χ1) is 11.2. The molecular formula is C15H14BrN5O2. The fraction of sp³-hybridized carbons (Fsp3) is 0.333. The van der Waals surface area contributed by atoms with Crippen LogP contribution >= 0.6 is 15.9 Å². The number of ether oxygens (including phenoxy) is 1. The van der Waals surface area contributed by atoms with Gasteiger partial charge in [-0.1, -0.05) is 27.1 Å². The number of carbonyl (C=O) groups is 1. The van der Waals surface area contributed by atoms with Crippen LogP contribution in [0.25, 0.3) is 0 Å². The van der Waals surface area contributed by atoms with Crippen LogP contribution in [-0.2, 0) is 4.79 Å². The van der Waals surface area contributed by atoms with E-state index in [1.165, 1.54) is 0 Å². The Morgan fingerprint density at radius 2 is 2.30 bits per heavy atom. The van der Waals surface area contributed by atoms with E-state index >= 15 is 0 Å². The fourth-order valence-electron chi connectivity index (χ4n) is 3.28. The average Bonchev–Trinajstić information content (AvgIpc) is 3.01. The molecule has 0 radical (unpaired) electrons. The minimum Gasteiger partial charge on any atom is -0.496 e. The van der Waals surface area contributed by atoms with E-state index in [2.05, 4.69) is 42.8 Å². The summed E-state index contributed by atoms with van der Waals surface area (Å²) in [6.07, 6.45) is 3.32. The lowest BCUT2D eigenvalue weighted by molar-refractivity contribution is -0.123. The van der Waals surface area contributed by atoms with Crippen LogP contribution in [0.1, 0.15) is 24.4 Å². The first-order valence-corrected chi connectivity index (χ1v) is 8.09. The molecule has 1 aliphatic carbocycles. The Balaban J connectivity index is 1.95. The number of ketones is 1. The van der Waals surface area contributed by atoms with Crippen molar-refractivity contribution < 1.29 is 9.53 Å². The summed E-state index contributed by atoms with van der Waals surface area (Å²) in [7, 11) is 1.62. The minimum atomic E-state index is -0.331. The van der Waals surface area contributed by atoms with Crippen LogP contribution in [0.2, 0.25) is 0 Å². The molecule has 0 amide bonds. The molecule has 0 saturated heterocycles. The van der Waals surface area contributed by atoms with Gasteiger partial charge in [0.15, 0.2) is 0 Å². The number of nitrogens with one attached hydrogen (secondary N) is 1. The van der Waals surface area contributed by atoms with E-state index in [0.717, 1.165) is 22.2 Å². The molecule has 1 aromatic carbocycles. The third-order valence-electron chi connectivity index (χ3n) is 4.28. The largest absolute Gasteiger partial charge is 0.496 e. The molecule has 2 aromatic rings. The topological polar surface area (TPSA) is 81.9 Å². The van der Waals surface area contributed by atoms with Crippen LogP contribution in [0.3, 0.4) is 0 Å². The lowest BCUT2D eigenvalue weighted by Crippen LogP contribution is -2.39. The van der Waals surface area contributed by atoms with E-state index in [9.17, 15) is 4.79 Å². The van der Waals surface area contributed by atoms with E-state index in [1.807, 2.05) is 18.2 Å². The molecule has 23 heavy (non-hydrogen) atoms. The number of tetrazole rings is 1. The molecule has 0 saturated carbocycles. The quantitative estimate of drug-likeness (QED) is 0.867. The van der Waals surface area contributed by atoms with Crippen molar-refractivity contribution in [1.29, 1.82) is 0 Å². The smallest absolute Gasteiger partial charge is 0.247 e. The fourth-order valence-corrected chi connectivity index (χ4v) is 3.66. The number of Topliss-reactive ketones (excluding diaryl/α,β-unsaturated/α-hetero) is 1. The second-order valence-corrected chi connectivity index (χ2v) is 6.46. The molecule has 4 rings (SSSR count). The van der Waals surface area contributed by atoms with Crippen molar-refractivity contribution in [3.63, 3.8) is 0 Å². The van der Waals surface area contributed by atoms with Gasteiger partial charge in [0, 0.05) is 22.2 Å². The molecule has 0 spiro atoms. The zero-order chi connectivity index (χ0) is 16.0. The predicted octanol–water partition coefficient (Wildman–Crippen LogP) is 2.32. The summed E-state index contributed by atoms with van der Waals surface area (Å²) in [6, 6.07) is 5.42. The number of methoxy groups -OCH3 is 1. The molecule has 2 heterocycles. The van der Waals surface area contributed by atoms with Gasteiger partial charge in [-0.3, -0.25) is 4.79 Å². The van der Waals surface area contributed by atoms with Gasteiger partial charge in [-0.05, 0) is 35.0 Å². The number of rotatable bonds is 2. The molecule has 0 bridgehead atoms. The summed E-state index contributed by atoms with van der Waals surface area (Å²) in [6.45, 7) is 0. The first-order valence-electron chi connectivity index (χ1n) is 7.30. The maximum Gasteiger partial charge on any atom is 0.247 e. The summed E-state index contributed by atoms with van der Waals surface area (Å²) in [4.78, 5) is 12.6. The summed E-state index contributed by atoms with van der Waals surface area (Å²) < 4.78 is 8.08. The van der Waals surface area contributed by atoms with Gasteiger partial charge < -0.3 is 10.1 Å². The number of hydrogen-bond donors (Lipinski definition) is 1. The molecule has 1 aliphatic heterocycles. The van der Waals surface area contributed by atoms with Gasteiger partial charge in [0.2, 0.25) is 5.95 Å². The lowest BCUT2D eigenvalue weighted by Gasteiger charge is -2.36. The van der Waals surface area contributed by atoms with Crippen LogP contribution < -0.4 is 10.1 Å². The number of halogens is 1. The zero-order valence-corrected chi connectivity index (χ0v) is 13.9. The molecule has 2 atom stereocenters. The van der Waals surface area contributed by atoms with Crippen molar-refractivity contribution >= 4 is 27.7 Å². The highest BCUT2D eigenvalue weighted by Crippen LogP contribution is 2.44. The number of allylic oxidation sites excluding steroid dienone is 2. The normalized spacial score (nSPS) is 22.7. The third kappa shape index (κ3) is 2.24. The Bertz CT molecular complexity index is 816.